The Morgan fingerprint density at radius 1 is 0.680 bits per heavy atom. The molecule has 1 N–H and O–H groups in total. The number of ether oxygens (including phenoxy) is 5. The van der Waals surface area contributed by atoms with E-state index in [1.165, 1.54) is 0 Å². The van der Waals surface area contributed by atoms with Crippen LogP contribution in [0.3, 0.4) is 0 Å². The van der Waals surface area contributed by atoms with E-state index >= 15 is 0 Å². The van der Waals surface area contributed by atoms with Gasteiger partial charge < -0.3 is 33.2 Å². The van der Waals surface area contributed by atoms with Gasteiger partial charge in [-0.25, -0.2) is 0 Å². The van der Waals surface area contributed by atoms with Crippen molar-refractivity contribution in [1.29, 1.82) is 0 Å². The zero-order valence-corrected chi connectivity index (χ0v) is 32.2. The van der Waals surface area contributed by atoms with Crippen LogP contribution < -0.4 is 0 Å². The Bertz CT molecular complexity index is 1360. The molecule has 0 saturated carbocycles. The van der Waals surface area contributed by atoms with Crippen LogP contribution >= 0.6 is 0 Å². The summed E-state index contributed by atoms with van der Waals surface area (Å²) in [5.41, 5.74) is 5.55. The van der Waals surface area contributed by atoms with Gasteiger partial charge in [0, 0.05) is 0 Å². The van der Waals surface area contributed by atoms with Crippen molar-refractivity contribution in [2.75, 3.05) is 19.8 Å². The third-order valence-electron chi connectivity index (χ3n) is 9.72. The highest BCUT2D eigenvalue weighted by Crippen LogP contribution is 2.42. The van der Waals surface area contributed by atoms with Gasteiger partial charge in [0.1, 0.15) is 24.4 Å². The topological polar surface area (TPSA) is 75.6 Å². The summed E-state index contributed by atoms with van der Waals surface area (Å²) in [7, 11) is -2.09. The van der Waals surface area contributed by atoms with E-state index in [4.69, 9.17) is 28.1 Å². The Kier molecular flexibility index (Phi) is 16.4. The standard InChI is InChI=1S/C42H60O7Si/c1-8-18-37(29-48-50(31(2)3,32(4)5)33(6)7)28-47-42-39(43)41(46-27-36-23-16-11-17-24-36)40(45-26-35-21-14-10-15-22-35)38(49-42)30-44-25-34-19-12-9-13-20-34/h9-24,31-33,38-43H,8,25-30H2,1-7H3/b37-18+/t38-,39-,40-,41-,42-/m1/s1. The lowest BCUT2D eigenvalue weighted by atomic mass is 9.98. The third-order valence-corrected chi connectivity index (χ3v) is 15.8. The van der Waals surface area contributed by atoms with E-state index in [0.717, 1.165) is 28.7 Å². The van der Waals surface area contributed by atoms with Crippen molar-refractivity contribution in [3.63, 3.8) is 0 Å². The van der Waals surface area contributed by atoms with Crippen LogP contribution in [0.1, 0.15) is 71.6 Å². The molecule has 0 spiro atoms. The molecule has 0 radical (unpaired) electrons. The summed E-state index contributed by atoms with van der Waals surface area (Å²) in [4.78, 5) is 0. The number of allylic oxidation sites excluding steroid dienone is 1. The van der Waals surface area contributed by atoms with E-state index < -0.39 is 39.0 Å². The fourth-order valence-electron chi connectivity index (χ4n) is 7.31. The minimum Gasteiger partial charge on any atom is -0.412 e. The minimum atomic E-state index is -2.09. The van der Waals surface area contributed by atoms with Crippen LogP contribution in [0.25, 0.3) is 0 Å². The van der Waals surface area contributed by atoms with Crippen LogP contribution in [0.4, 0.5) is 0 Å². The van der Waals surface area contributed by atoms with Crippen LogP contribution in [-0.4, -0.2) is 64.0 Å². The van der Waals surface area contributed by atoms with E-state index in [9.17, 15) is 5.11 Å². The van der Waals surface area contributed by atoms with E-state index in [-0.39, 0.29) is 13.2 Å². The lowest BCUT2D eigenvalue weighted by Crippen LogP contribution is -2.61. The van der Waals surface area contributed by atoms with Crippen molar-refractivity contribution in [3.05, 3.63) is 119 Å². The zero-order chi connectivity index (χ0) is 35.9. The van der Waals surface area contributed by atoms with Crippen LogP contribution in [-0.2, 0) is 47.9 Å². The van der Waals surface area contributed by atoms with Crippen molar-refractivity contribution in [2.45, 2.75) is 122 Å². The maximum Gasteiger partial charge on any atom is 0.200 e. The van der Waals surface area contributed by atoms with Gasteiger partial charge in [-0.3, -0.25) is 0 Å². The molecule has 50 heavy (non-hydrogen) atoms. The van der Waals surface area contributed by atoms with Crippen LogP contribution in [0, 0.1) is 0 Å². The van der Waals surface area contributed by atoms with Crippen LogP contribution in [0.2, 0.25) is 16.6 Å². The molecule has 1 aliphatic heterocycles. The van der Waals surface area contributed by atoms with E-state index in [1.807, 2.05) is 91.0 Å². The highest BCUT2D eigenvalue weighted by Gasteiger charge is 2.48. The van der Waals surface area contributed by atoms with Gasteiger partial charge in [-0.15, -0.1) is 0 Å². The Morgan fingerprint density at radius 2 is 1.16 bits per heavy atom. The number of hydrogen-bond acceptors (Lipinski definition) is 7. The first-order valence-electron chi connectivity index (χ1n) is 18.3. The molecule has 1 aliphatic rings. The normalized spacial score (nSPS) is 21.7. The molecule has 5 atom stereocenters. The van der Waals surface area contributed by atoms with Crippen LogP contribution in [0.15, 0.2) is 103 Å². The molecule has 3 aromatic carbocycles. The Labute approximate surface area is 302 Å². The van der Waals surface area contributed by atoms with Crippen molar-refractivity contribution >= 4 is 8.32 Å². The largest absolute Gasteiger partial charge is 0.412 e. The predicted octanol–water partition coefficient (Wildman–Crippen LogP) is 9.00. The van der Waals surface area contributed by atoms with E-state index in [2.05, 4.69) is 54.5 Å². The summed E-state index contributed by atoms with van der Waals surface area (Å²) >= 11 is 0. The summed E-state index contributed by atoms with van der Waals surface area (Å²) in [6.45, 7) is 18.0. The second-order valence-corrected chi connectivity index (χ2v) is 19.7. The summed E-state index contributed by atoms with van der Waals surface area (Å²) in [6, 6.07) is 30.0. The molecule has 0 aromatic heterocycles. The molecule has 4 rings (SSSR count). The van der Waals surface area contributed by atoms with Gasteiger partial charge in [0.15, 0.2) is 6.29 Å². The number of aliphatic hydroxyl groups is 1. The van der Waals surface area contributed by atoms with Gasteiger partial charge in [-0.1, -0.05) is 146 Å². The predicted molar refractivity (Wildman–Crippen MR) is 202 cm³/mol. The van der Waals surface area contributed by atoms with E-state index in [0.29, 0.717) is 43.1 Å². The van der Waals surface area contributed by atoms with Crippen molar-refractivity contribution in [2.24, 2.45) is 0 Å². The molecule has 274 valence electrons. The van der Waals surface area contributed by atoms with Crippen LogP contribution in [0.5, 0.6) is 0 Å². The lowest BCUT2D eigenvalue weighted by molar-refractivity contribution is -0.317. The smallest absolute Gasteiger partial charge is 0.200 e. The maximum absolute atomic E-state index is 11.9. The Morgan fingerprint density at radius 3 is 1.64 bits per heavy atom. The Balaban J connectivity index is 1.55. The molecule has 0 bridgehead atoms. The first-order valence-corrected chi connectivity index (χ1v) is 20.5. The molecule has 8 heteroatoms. The summed E-state index contributed by atoms with van der Waals surface area (Å²) < 4.78 is 39.2. The van der Waals surface area contributed by atoms with Crippen molar-refractivity contribution in [1.82, 2.24) is 0 Å². The molecule has 0 aliphatic carbocycles. The second-order valence-electron chi connectivity index (χ2n) is 14.2. The molecular weight excluding hydrogens is 645 g/mol. The molecule has 0 amide bonds. The molecule has 1 fully saturated rings. The molecule has 1 saturated heterocycles. The molecule has 0 unspecified atom stereocenters. The van der Waals surface area contributed by atoms with Crippen molar-refractivity contribution < 1.29 is 33.2 Å². The first kappa shape index (κ1) is 40.1. The SMILES string of the molecule is CC/C=C(\CO[C@@H]1O[C@H](COCc2ccccc2)[C@@H](OCc2ccccc2)[C@H](OCc2ccccc2)[C@H]1O)CO[Si](C(C)C)(C(C)C)C(C)C. The monoisotopic (exact) mass is 704 g/mol. The summed E-state index contributed by atoms with van der Waals surface area (Å²) in [5.74, 6) is 0. The number of hydrogen-bond donors (Lipinski definition) is 1. The lowest BCUT2D eigenvalue weighted by Gasteiger charge is -2.44. The van der Waals surface area contributed by atoms with Gasteiger partial charge >= 0.3 is 0 Å². The maximum atomic E-state index is 11.9. The van der Waals surface area contributed by atoms with Gasteiger partial charge in [0.05, 0.1) is 39.6 Å². The number of aliphatic hydroxyl groups excluding tert-OH is 1. The quantitative estimate of drug-likeness (QED) is 0.0930. The molecule has 7 nitrogen and oxygen atoms in total. The van der Waals surface area contributed by atoms with Crippen molar-refractivity contribution in [3.8, 4) is 0 Å². The molecule has 1 heterocycles. The first-order chi connectivity index (χ1) is 24.1. The molecular formula is C42H60O7Si. The van der Waals surface area contributed by atoms with Gasteiger partial charge in [0.2, 0.25) is 8.32 Å². The van der Waals surface area contributed by atoms with Gasteiger partial charge in [-0.05, 0) is 45.3 Å². The average molecular weight is 705 g/mol. The van der Waals surface area contributed by atoms with Gasteiger partial charge in [0.25, 0.3) is 0 Å². The number of benzene rings is 3. The highest BCUT2D eigenvalue weighted by molar-refractivity contribution is 6.77. The Hall–Kier alpha value is -2.66. The third kappa shape index (κ3) is 11.2. The van der Waals surface area contributed by atoms with E-state index in [1.54, 1.807) is 0 Å². The summed E-state index contributed by atoms with van der Waals surface area (Å²) in [5, 5.41) is 11.9. The average Bonchev–Trinajstić information content (AvgIpc) is 3.11. The zero-order valence-electron chi connectivity index (χ0n) is 31.2. The second kappa shape index (κ2) is 20.4. The minimum absolute atomic E-state index is 0.234. The number of rotatable bonds is 20. The fraction of sp³-hybridized carbons (Fsp3) is 0.524. The molecule has 3 aromatic rings. The highest BCUT2D eigenvalue weighted by atomic mass is 28.4. The summed E-state index contributed by atoms with van der Waals surface area (Å²) in [6.07, 6.45) is -0.956. The fourth-order valence-corrected chi connectivity index (χ4v) is 12.7. The van der Waals surface area contributed by atoms with Gasteiger partial charge in [-0.2, -0.15) is 0 Å².